The molecule has 0 spiro atoms. The number of nitrogens with zero attached hydrogens (tertiary/aromatic N) is 1. The number of phenolic OH excluding ortho intramolecular Hbond substituents is 1. The highest BCUT2D eigenvalue weighted by atomic mass is 16.5. The molecule has 4 rings (SSSR count). The van der Waals surface area contributed by atoms with E-state index in [1.54, 1.807) is 19.2 Å². The Bertz CT molecular complexity index is 1100. The summed E-state index contributed by atoms with van der Waals surface area (Å²) in [5.41, 5.74) is 4.64. The van der Waals surface area contributed by atoms with E-state index in [4.69, 9.17) is 14.5 Å². The Balaban J connectivity index is 1.84. The van der Waals surface area contributed by atoms with Crippen LogP contribution in [0.3, 0.4) is 0 Å². The molecule has 0 amide bonds. The molecule has 0 aliphatic carbocycles. The van der Waals surface area contributed by atoms with Crippen LogP contribution in [0.15, 0.2) is 72.8 Å². The van der Waals surface area contributed by atoms with Crippen LogP contribution in [0.5, 0.6) is 17.2 Å². The normalized spacial score (nSPS) is 10.7. The average Bonchev–Trinajstić information content (AvgIpc) is 3.21. The van der Waals surface area contributed by atoms with Crippen LogP contribution in [-0.4, -0.2) is 28.8 Å². The van der Waals surface area contributed by atoms with Crippen molar-refractivity contribution < 1.29 is 14.6 Å². The number of benzene rings is 3. The number of nitrogens with one attached hydrogen (secondary N) is 1. The van der Waals surface area contributed by atoms with Crippen LogP contribution in [0.4, 0.5) is 0 Å². The SMILES string of the molecule is CCOc1cc(-c2nc(-c3ccccc3)c(-c3ccc(OC)cc3)[nH]2)ccc1O. The van der Waals surface area contributed by atoms with Crippen LogP contribution in [0.2, 0.25) is 0 Å². The summed E-state index contributed by atoms with van der Waals surface area (Å²) in [6.07, 6.45) is 0. The molecule has 0 aliphatic heterocycles. The number of aromatic nitrogens is 2. The Labute approximate surface area is 169 Å². The molecule has 0 atom stereocenters. The van der Waals surface area contributed by atoms with Crippen molar-refractivity contribution in [1.82, 2.24) is 9.97 Å². The van der Waals surface area contributed by atoms with Gasteiger partial charge in [-0.05, 0) is 49.4 Å². The molecule has 29 heavy (non-hydrogen) atoms. The van der Waals surface area contributed by atoms with Gasteiger partial charge in [0.15, 0.2) is 11.5 Å². The first-order valence-corrected chi connectivity index (χ1v) is 9.45. The third-order valence-corrected chi connectivity index (χ3v) is 4.66. The third kappa shape index (κ3) is 3.80. The molecular weight excluding hydrogens is 364 g/mol. The molecule has 0 saturated heterocycles. The van der Waals surface area contributed by atoms with Gasteiger partial charge in [0.2, 0.25) is 0 Å². The Morgan fingerprint density at radius 1 is 0.897 bits per heavy atom. The van der Waals surface area contributed by atoms with Crippen molar-refractivity contribution in [2.45, 2.75) is 6.92 Å². The second kappa shape index (κ2) is 8.10. The zero-order valence-electron chi connectivity index (χ0n) is 16.3. The van der Waals surface area contributed by atoms with Crippen LogP contribution < -0.4 is 9.47 Å². The van der Waals surface area contributed by atoms with Crippen LogP contribution in [-0.2, 0) is 0 Å². The number of phenols is 1. The molecule has 0 fully saturated rings. The van der Waals surface area contributed by atoms with E-state index in [1.165, 1.54) is 0 Å². The summed E-state index contributed by atoms with van der Waals surface area (Å²) in [4.78, 5) is 8.33. The molecule has 1 aromatic heterocycles. The molecule has 3 aromatic carbocycles. The summed E-state index contributed by atoms with van der Waals surface area (Å²) in [6, 6.07) is 23.2. The van der Waals surface area contributed by atoms with Gasteiger partial charge in [-0.15, -0.1) is 0 Å². The minimum atomic E-state index is 0.112. The van der Waals surface area contributed by atoms with Crippen molar-refractivity contribution in [1.29, 1.82) is 0 Å². The van der Waals surface area contributed by atoms with E-state index in [2.05, 4.69) is 4.98 Å². The molecule has 146 valence electrons. The van der Waals surface area contributed by atoms with Gasteiger partial charge in [-0.3, -0.25) is 0 Å². The van der Waals surface area contributed by atoms with Gasteiger partial charge in [-0.25, -0.2) is 4.98 Å². The molecule has 4 aromatic rings. The van der Waals surface area contributed by atoms with Gasteiger partial charge in [0, 0.05) is 16.7 Å². The minimum absolute atomic E-state index is 0.112. The molecule has 0 unspecified atom stereocenters. The van der Waals surface area contributed by atoms with Gasteiger partial charge in [-0.2, -0.15) is 0 Å². The topological polar surface area (TPSA) is 67.4 Å². The number of hydrogen-bond donors (Lipinski definition) is 2. The van der Waals surface area contributed by atoms with E-state index in [9.17, 15) is 5.11 Å². The van der Waals surface area contributed by atoms with E-state index in [-0.39, 0.29) is 5.75 Å². The standard InChI is InChI=1S/C24H22N2O3/c1-3-29-21-15-18(11-14-20(21)27)24-25-22(16-7-5-4-6-8-16)23(26-24)17-9-12-19(28-2)13-10-17/h4-15,27H,3H2,1-2H3,(H,25,26). The van der Waals surface area contributed by atoms with Crippen molar-refractivity contribution in [2.75, 3.05) is 13.7 Å². The highest BCUT2D eigenvalue weighted by Gasteiger charge is 2.16. The molecule has 1 heterocycles. The second-order valence-electron chi connectivity index (χ2n) is 6.52. The van der Waals surface area contributed by atoms with Crippen LogP contribution >= 0.6 is 0 Å². The lowest BCUT2D eigenvalue weighted by Gasteiger charge is -2.07. The van der Waals surface area contributed by atoms with E-state index in [1.807, 2.05) is 67.6 Å². The minimum Gasteiger partial charge on any atom is -0.504 e. The van der Waals surface area contributed by atoms with Gasteiger partial charge in [0.1, 0.15) is 11.6 Å². The fourth-order valence-electron chi connectivity index (χ4n) is 3.21. The zero-order chi connectivity index (χ0) is 20.2. The number of methoxy groups -OCH3 is 1. The van der Waals surface area contributed by atoms with Gasteiger partial charge in [0.05, 0.1) is 25.1 Å². The molecule has 5 nitrogen and oxygen atoms in total. The zero-order valence-corrected chi connectivity index (χ0v) is 16.3. The fourth-order valence-corrected chi connectivity index (χ4v) is 3.21. The number of ether oxygens (including phenoxy) is 2. The first kappa shape index (κ1) is 18.6. The Morgan fingerprint density at radius 2 is 1.62 bits per heavy atom. The number of H-pyrrole nitrogens is 1. The predicted molar refractivity (Wildman–Crippen MR) is 114 cm³/mol. The molecular formula is C24H22N2O3. The van der Waals surface area contributed by atoms with Gasteiger partial charge in [0.25, 0.3) is 0 Å². The number of aromatic hydroxyl groups is 1. The third-order valence-electron chi connectivity index (χ3n) is 4.66. The highest BCUT2D eigenvalue weighted by molar-refractivity contribution is 5.81. The maximum absolute atomic E-state index is 10.0. The quantitative estimate of drug-likeness (QED) is 0.458. The number of rotatable bonds is 6. The highest BCUT2D eigenvalue weighted by Crippen LogP contribution is 2.36. The lowest BCUT2D eigenvalue weighted by Crippen LogP contribution is -1.92. The summed E-state index contributed by atoms with van der Waals surface area (Å²) in [6.45, 7) is 2.36. The van der Waals surface area contributed by atoms with Crippen molar-refractivity contribution in [3.8, 4) is 51.2 Å². The van der Waals surface area contributed by atoms with Gasteiger partial charge >= 0.3 is 0 Å². The van der Waals surface area contributed by atoms with Crippen molar-refractivity contribution in [3.05, 3.63) is 72.8 Å². The first-order valence-electron chi connectivity index (χ1n) is 9.45. The first-order chi connectivity index (χ1) is 14.2. The molecule has 2 N–H and O–H groups in total. The lowest BCUT2D eigenvalue weighted by atomic mass is 10.1. The number of imidazole rings is 1. The average molecular weight is 386 g/mol. The second-order valence-corrected chi connectivity index (χ2v) is 6.52. The van der Waals surface area contributed by atoms with Crippen LogP contribution in [0.1, 0.15) is 6.92 Å². The van der Waals surface area contributed by atoms with Crippen LogP contribution in [0, 0.1) is 0 Å². The van der Waals surface area contributed by atoms with E-state index >= 15 is 0 Å². The summed E-state index contributed by atoms with van der Waals surface area (Å²) in [5.74, 6) is 2.06. The summed E-state index contributed by atoms with van der Waals surface area (Å²) < 4.78 is 10.8. The summed E-state index contributed by atoms with van der Waals surface area (Å²) in [7, 11) is 1.65. The number of aromatic amines is 1. The fraction of sp³-hybridized carbons (Fsp3) is 0.125. The smallest absolute Gasteiger partial charge is 0.161 e. The van der Waals surface area contributed by atoms with E-state index in [0.717, 1.165) is 33.8 Å². The van der Waals surface area contributed by atoms with Crippen molar-refractivity contribution in [3.63, 3.8) is 0 Å². The maximum Gasteiger partial charge on any atom is 0.161 e. The lowest BCUT2D eigenvalue weighted by molar-refractivity contribution is 0.318. The maximum atomic E-state index is 10.0. The molecule has 0 radical (unpaired) electrons. The Kier molecular flexibility index (Phi) is 5.20. The monoisotopic (exact) mass is 386 g/mol. The van der Waals surface area contributed by atoms with Crippen molar-refractivity contribution >= 4 is 0 Å². The van der Waals surface area contributed by atoms with E-state index in [0.29, 0.717) is 18.2 Å². The van der Waals surface area contributed by atoms with Gasteiger partial charge in [-0.1, -0.05) is 30.3 Å². The Morgan fingerprint density at radius 3 is 2.31 bits per heavy atom. The predicted octanol–water partition coefficient (Wildman–Crippen LogP) is 5.52. The number of hydrogen-bond acceptors (Lipinski definition) is 4. The van der Waals surface area contributed by atoms with Gasteiger partial charge < -0.3 is 19.6 Å². The molecule has 0 aliphatic rings. The van der Waals surface area contributed by atoms with Crippen LogP contribution in [0.25, 0.3) is 33.9 Å². The summed E-state index contributed by atoms with van der Waals surface area (Å²) in [5, 5.41) is 10.0. The summed E-state index contributed by atoms with van der Waals surface area (Å²) >= 11 is 0. The Hall–Kier alpha value is -3.73. The molecule has 0 bridgehead atoms. The largest absolute Gasteiger partial charge is 0.504 e. The molecule has 0 saturated carbocycles. The van der Waals surface area contributed by atoms with E-state index < -0.39 is 0 Å². The molecule has 5 heteroatoms. The van der Waals surface area contributed by atoms with Crippen molar-refractivity contribution in [2.24, 2.45) is 0 Å².